The molecule has 7 heteroatoms. The minimum Gasteiger partial charge on any atom is -0.493 e. The molecule has 0 aliphatic rings. The van der Waals surface area contributed by atoms with E-state index in [9.17, 15) is 4.79 Å². The third kappa shape index (κ3) is 4.03. The number of hydrogen-bond donors (Lipinski definition) is 1. The van der Waals surface area contributed by atoms with Gasteiger partial charge in [0.05, 0.1) is 12.8 Å². The van der Waals surface area contributed by atoms with Crippen LogP contribution in [-0.4, -0.2) is 34.0 Å². The van der Waals surface area contributed by atoms with Crippen LogP contribution >= 0.6 is 0 Å². The molecule has 0 aliphatic heterocycles. The summed E-state index contributed by atoms with van der Waals surface area (Å²) in [5.74, 6) is 1.47. The number of ether oxygens (including phenoxy) is 2. The van der Waals surface area contributed by atoms with Gasteiger partial charge in [0.1, 0.15) is 0 Å². The molecule has 2 aromatic carbocycles. The number of nitrogens with one attached hydrogen (secondary N) is 1. The van der Waals surface area contributed by atoms with Gasteiger partial charge in [-0.25, -0.2) is 9.97 Å². The zero-order valence-electron chi connectivity index (χ0n) is 16.1. The third-order valence-electron chi connectivity index (χ3n) is 4.47. The van der Waals surface area contributed by atoms with Gasteiger partial charge in [0.2, 0.25) is 5.78 Å². The smallest absolute Gasteiger partial charge is 0.262 e. The first-order valence-electron chi connectivity index (χ1n) is 9.10. The van der Waals surface area contributed by atoms with Crippen molar-refractivity contribution in [2.24, 2.45) is 0 Å². The number of aryl methyl sites for hydroxylation is 1. The zero-order chi connectivity index (χ0) is 20.2. The van der Waals surface area contributed by atoms with Crippen LogP contribution in [-0.2, 0) is 4.79 Å². The van der Waals surface area contributed by atoms with Crippen LogP contribution in [0.4, 0.5) is 5.69 Å². The summed E-state index contributed by atoms with van der Waals surface area (Å²) >= 11 is 0. The van der Waals surface area contributed by atoms with Crippen molar-refractivity contribution in [3.8, 4) is 22.8 Å². The second-order valence-electron chi connectivity index (χ2n) is 6.47. The van der Waals surface area contributed by atoms with Crippen molar-refractivity contribution >= 4 is 17.4 Å². The quantitative estimate of drug-likeness (QED) is 0.545. The predicted molar refractivity (Wildman–Crippen MR) is 110 cm³/mol. The lowest BCUT2D eigenvalue weighted by Crippen LogP contribution is -2.20. The number of para-hydroxylation sites is 2. The van der Waals surface area contributed by atoms with Crippen molar-refractivity contribution in [2.75, 3.05) is 19.0 Å². The summed E-state index contributed by atoms with van der Waals surface area (Å²) in [6, 6.07) is 14.9. The number of benzene rings is 2. The van der Waals surface area contributed by atoms with Gasteiger partial charge < -0.3 is 14.8 Å². The highest BCUT2D eigenvalue weighted by molar-refractivity contribution is 5.93. The maximum atomic E-state index is 12.4. The second-order valence-corrected chi connectivity index (χ2v) is 6.47. The Kier molecular flexibility index (Phi) is 5.11. The maximum Gasteiger partial charge on any atom is 0.262 e. The molecule has 4 rings (SSSR count). The molecule has 0 atom stereocenters. The van der Waals surface area contributed by atoms with E-state index in [0.29, 0.717) is 23.0 Å². The van der Waals surface area contributed by atoms with Crippen LogP contribution in [0.5, 0.6) is 11.5 Å². The normalized spacial score (nSPS) is 10.7. The number of rotatable bonds is 6. The lowest BCUT2D eigenvalue weighted by atomic mass is 10.1. The molecule has 0 saturated carbocycles. The van der Waals surface area contributed by atoms with Gasteiger partial charge in [-0.3, -0.25) is 9.20 Å². The molecule has 0 unspecified atom stereocenters. The van der Waals surface area contributed by atoms with Crippen molar-refractivity contribution in [1.29, 1.82) is 0 Å². The Morgan fingerprint density at radius 2 is 1.97 bits per heavy atom. The highest BCUT2D eigenvalue weighted by Crippen LogP contribution is 2.27. The van der Waals surface area contributed by atoms with Gasteiger partial charge in [-0.2, -0.15) is 0 Å². The van der Waals surface area contributed by atoms with Crippen molar-refractivity contribution in [3.05, 3.63) is 72.7 Å². The molecule has 4 aromatic rings. The molecule has 1 amide bonds. The Bertz CT molecular complexity index is 1140. The number of carbonyl (C=O) groups excluding carboxylic acids is 1. The number of amides is 1. The number of nitrogens with zero attached hydrogens (tertiary/aromatic N) is 3. The topological polar surface area (TPSA) is 77.8 Å². The molecule has 1 N–H and O–H groups in total. The fourth-order valence-electron chi connectivity index (χ4n) is 2.95. The summed E-state index contributed by atoms with van der Waals surface area (Å²) in [6.45, 7) is 1.81. The first-order chi connectivity index (χ1) is 14.1. The molecule has 7 nitrogen and oxygen atoms in total. The number of aromatic nitrogens is 3. The molecule has 146 valence electrons. The van der Waals surface area contributed by atoms with Crippen LogP contribution in [0.25, 0.3) is 17.0 Å². The molecule has 0 bridgehead atoms. The molecule has 0 fully saturated rings. The molecule has 0 spiro atoms. The highest BCUT2D eigenvalue weighted by Gasteiger charge is 2.11. The Labute approximate surface area is 168 Å². The average Bonchev–Trinajstić information content (AvgIpc) is 3.18. The van der Waals surface area contributed by atoms with Gasteiger partial charge in [0.25, 0.3) is 5.91 Å². The number of hydrogen-bond acceptors (Lipinski definition) is 5. The van der Waals surface area contributed by atoms with Gasteiger partial charge >= 0.3 is 0 Å². The van der Waals surface area contributed by atoms with Crippen molar-refractivity contribution in [1.82, 2.24) is 14.4 Å². The largest absolute Gasteiger partial charge is 0.493 e. The molecule has 0 saturated heterocycles. The number of fused-ring (bicyclic) bond motifs is 1. The fraction of sp³-hybridized carbons (Fsp3) is 0.136. The van der Waals surface area contributed by atoms with E-state index in [4.69, 9.17) is 9.47 Å². The van der Waals surface area contributed by atoms with E-state index >= 15 is 0 Å². The van der Waals surface area contributed by atoms with E-state index in [1.54, 1.807) is 25.4 Å². The van der Waals surface area contributed by atoms with E-state index in [1.807, 2.05) is 60.1 Å². The zero-order valence-corrected chi connectivity index (χ0v) is 16.1. The highest BCUT2D eigenvalue weighted by atomic mass is 16.5. The summed E-state index contributed by atoms with van der Waals surface area (Å²) in [7, 11) is 1.56. The van der Waals surface area contributed by atoms with Crippen LogP contribution in [0.3, 0.4) is 0 Å². The molecule has 0 radical (unpaired) electrons. The lowest BCUT2D eigenvalue weighted by molar-refractivity contribution is -0.118. The average molecular weight is 388 g/mol. The minimum atomic E-state index is -0.257. The van der Waals surface area contributed by atoms with Crippen molar-refractivity contribution < 1.29 is 14.3 Å². The van der Waals surface area contributed by atoms with Crippen LogP contribution in [0, 0.1) is 6.92 Å². The SMILES string of the molecule is COc1ccccc1OCC(=O)Nc1cc(-c2cn3cccnc3n2)ccc1C. The first kappa shape index (κ1) is 18.5. The van der Waals surface area contributed by atoms with E-state index < -0.39 is 0 Å². The summed E-state index contributed by atoms with van der Waals surface area (Å²) in [4.78, 5) is 21.2. The number of carbonyl (C=O) groups is 1. The van der Waals surface area contributed by atoms with Crippen LogP contribution in [0.15, 0.2) is 67.1 Å². The summed E-state index contributed by atoms with van der Waals surface area (Å²) in [5, 5.41) is 2.91. The Morgan fingerprint density at radius 1 is 1.14 bits per heavy atom. The van der Waals surface area contributed by atoms with Gasteiger partial charge in [-0.05, 0) is 36.8 Å². The monoisotopic (exact) mass is 388 g/mol. The summed E-state index contributed by atoms with van der Waals surface area (Å²) in [5.41, 5.74) is 3.33. The summed E-state index contributed by atoms with van der Waals surface area (Å²) in [6.07, 6.45) is 5.50. The summed E-state index contributed by atoms with van der Waals surface area (Å²) < 4.78 is 12.7. The van der Waals surface area contributed by atoms with Crippen LogP contribution in [0.2, 0.25) is 0 Å². The minimum absolute atomic E-state index is 0.123. The predicted octanol–water partition coefficient (Wildman–Crippen LogP) is 3.73. The number of methoxy groups -OCH3 is 1. The number of anilines is 1. The second kappa shape index (κ2) is 8.02. The van der Waals surface area contributed by atoms with Gasteiger partial charge in [-0.15, -0.1) is 0 Å². The molecule has 29 heavy (non-hydrogen) atoms. The van der Waals surface area contributed by atoms with Crippen molar-refractivity contribution in [2.45, 2.75) is 6.92 Å². The van der Waals surface area contributed by atoms with E-state index in [1.165, 1.54) is 0 Å². The standard InChI is InChI=1S/C22H20N4O3/c1-15-8-9-16(18-13-26-11-5-10-23-22(26)25-18)12-17(15)24-21(27)14-29-20-7-4-3-6-19(20)28-2/h3-13H,14H2,1-2H3,(H,24,27). The third-order valence-corrected chi connectivity index (χ3v) is 4.47. The van der Waals surface area contributed by atoms with Crippen molar-refractivity contribution in [3.63, 3.8) is 0 Å². The van der Waals surface area contributed by atoms with E-state index in [-0.39, 0.29) is 12.5 Å². The molecule has 2 heterocycles. The van der Waals surface area contributed by atoms with Crippen LogP contribution < -0.4 is 14.8 Å². The van der Waals surface area contributed by atoms with Crippen LogP contribution in [0.1, 0.15) is 5.56 Å². The maximum absolute atomic E-state index is 12.4. The van der Waals surface area contributed by atoms with Gasteiger partial charge in [0.15, 0.2) is 18.1 Å². The first-order valence-corrected chi connectivity index (χ1v) is 9.10. The Balaban J connectivity index is 1.49. The van der Waals surface area contributed by atoms with Gasteiger partial charge in [-0.1, -0.05) is 24.3 Å². The molecule has 2 aromatic heterocycles. The Morgan fingerprint density at radius 3 is 2.76 bits per heavy atom. The molecular formula is C22H20N4O3. The van der Waals surface area contributed by atoms with Gasteiger partial charge in [0, 0.05) is 29.8 Å². The fourth-order valence-corrected chi connectivity index (χ4v) is 2.95. The lowest BCUT2D eigenvalue weighted by Gasteiger charge is -2.12. The Hall–Kier alpha value is -3.87. The van der Waals surface area contributed by atoms with E-state index in [2.05, 4.69) is 15.3 Å². The number of imidazole rings is 1. The van der Waals surface area contributed by atoms with E-state index in [0.717, 1.165) is 16.8 Å². The molecular weight excluding hydrogens is 368 g/mol. The molecule has 0 aliphatic carbocycles.